The van der Waals surface area contributed by atoms with Gasteiger partial charge in [0.15, 0.2) is 0 Å². The Balaban J connectivity index is 2.35. The average molecular weight is 286 g/mol. The fourth-order valence-electron chi connectivity index (χ4n) is 2.26. The third-order valence-corrected chi connectivity index (χ3v) is 5.92. The van der Waals surface area contributed by atoms with Crippen LogP contribution in [0.2, 0.25) is 0 Å². The minimum Gasteiger partial charge on any atom is -0.329 e. The Kier molecular flexibility index (Phi) is 4.32. The van der Waals surface area contributed by atoms with Gasteiger partial charge in [-0.25, -0.2) is 8.42 Å². The summed E-state index contributed by atoms with van der Waals surface area (Å²) in [7, 11) is -3.39. The molecule has 6 heteroatoms. The Bertz CT molecular complexity index is 517. The molecule has 1 heterocycles. The van der Waals surface area contributed by atoms with Crippen molar-refractivity contribution in [2.45, 2.75) is 28.7 Å². The van der Waals surface area contributed by atoms with Gasteiger partial charge in [-0.3, -0.25) is 0 Å². The lowest BCUT2D eigenvalue weighted by Crippen LogP contribution is -2.39. The third-order valence-electron chi connectivity index (χ3n) is 3.24. The summed E-state index contributed by atoms with van der Waals surface area (Å²) in [6, 6.07) is 7.03. The largest absolute Gasteiger partial charge is 0.329 e. The maximum atomic E-state index is 12.5. The molecule has 0 radical (unpaired) electrons. The van der Waals surface area contributed by atoms with E-state index in [9.17, 15) is 8.42 Å². The van der Waals surface area contributed by atoms with Crippen LogP contribution in [-0.2, 0) is 10.0 Å². The van der Waals surface area contributed by atoms with Gasteiger partial charge in [-0.15, -0.1) is 11.8 Å². The molecule has 100 valence electrons. The summed E-state index contributed by atoms with van der Waals surface area (Å²) in [6.07, 6.45) is 3.69. The van der Waals surface area contributed by atoms with Crippen LogP contribution in [0.5, 0.6) is 0 Å². The van der Waals surface area contributed by atoms with Gasteiger partial charge < -0.3 is 5.73 Å². The van der Waals surface area contributed by atoms with Crippen LogP contribution in [0, 0.1) is 0 Å². The highest BCUT2D eigenvalue weighted by Crippen LogP contribution is 2.27. The number of benzene rings is 1. The van der Waals surface area contributed by atoms with Crippen molar-refractivity contribution in [3.8, 4) is 0 Å². The number of sulfonamides is 1. The van der Waals surface area contributed by atoms with Crippen molar-refractivity contribution in [3.63, 3.8) is 0 Å². The number of thioether (sulfide) groups is 1. The summed E-state index contributed by atoms with van der Waals surface area (Å²) in [6.45, 7) is 0.967. The molecule has 0 saturated carbocycles. The van der Waals surface area contributed by atoms with E-state index >= 15 is 0 Å². The Morgan fingerprint density at radius 2 is 2.28 bits per heavy atom. The molecule has 0 aliphatic carbocycles. The van der Waals surface area contributed by atoms with Crippen molar-refractivity contribution in [1.29, 1.82) is 0 Å². The first kappa shape index (κ1) is 13.9. The zero-order valence-electron chi connectivity index (χ0n) is 10.4. The smallest absolute Gasteiger partial charge is 0.243 e. The maximum absolute atomic E-state index is 12.5. The Morgan fingerprint density at radius 3 is 2.94 bits per heavy atom. The molecule has 0 amide bonds. The van der Waals surface area contributed by atoms with Gasteiger partial charge in [0.2, 0.25) is 10.0 Å². The Hall–Kier alpha value is -0.560. The van der Waals surface area contributed by atoms with E-state index in [1.165, 1.54) is 0 Å². The summed E-state index contributed by atoms with van der Waals surface area (Å²) in [5.74, 6) is 0. The average Bonchev–Trinajstić information content (AvgIpc) is 2.88. The minimum absolute atomic E-state index is 0.0482. The molecule has 2 N–H and O–H groups in total. The molecule has 18 heavy (non-hydrogen) atoms. The fourth-order valence-corrected chi connectivity index (χ4v) is 4.54. The zero-order chi connectivity index (χ0) is 13.2. The van der Waals surface area contributed by atoms with Gasteiger partial charge in [-0.1, -0.05) is 6.07 Å². The molecule has 2 rings (SSSR count). The summed E-state index contributed by atoms with van der Waals surface area (Å²) < 4.78 is 26.6. The van der Waals surface area contributed by atoms with Gasteiger partial charge in [0.25, 0.3) is 0 Å². The molecule has 1 aliphatic heterocycles. The van der Waals surface area contributed by atoms with E-state index in [0.717, 1.165) is 17.7 Å². The SMILES string of the molecule is CSc1cccc(S(=O)(=O)N2CCCC2CN)c1. The molecule has 0 spiro atoms. The Morgan fingerprint density at radius 1 is 1.50 bits per heavy atom. The molecule has 0 aromatic heterocycles. The van der Waals surface area contributed by atoms with E-state index in [0.29, 0.717) is 18.0 Å². The Labute approximate surface area is 113 Å². The van der Waals surface area contributed by atoms with Crippen molar-refractivity contribution < 1.29 is 8.42 Å². The summed E-state index contributed by atoms with van der Waals surface area (Å²) >= 11 is 1.54. The topological polar surface area (TPSA) is 63.4 Å². The van der Waals surface area contributed by atoms with E-state index in [1.807, 2.05) is 12.3 Å². The van der Waals surface area contributed by atoms with E-state index in [4.69, 9.17) is 5.73 Å². The van der Waals surface area contributed by atoms with Crippen LogP contribution in [0.1, 0.15) is 12.8 Å². The van der Waals surface area contributed by atoms with Gasteiger partial charge in [0.05, 0.1) is 4.90 Å². The van der Waals surface area contributed by atoms with Gasteiger partial charge >= 0.3 is 0 Å². The van der Waals surface area contributed by atoms with E-state index < -0.39 is 10.0 Å². The molecular weight excluding hydrogens is 268 g/mol. The molecule has 1 atom stereocenters. The minimum atomic E-state index is -3.39. The van der Waals surface area contributed by atoms with Crippen LogP contribution in [0.15, 0.2) is 34.1 Å². The second-order valence-corrected chi connectivity index (χ2v) is 7.10. The van der Waals surface area contributed by atoms with Crippen molar-refractivity contribution in [3.05, 3.63) is 24.3 Å². The first-order valence-electron chi connectivity index (χ1n) is 5.95. The number of nitrogens with zero attached hydrogens (tertiary/aromatic N) is 1. The van der Waals surface area contributed by atoms with Crippen LogP contribution in [0.25, 0.3) is 0 Å². The van der Waals surface area contributed by atoms with E-state index in [-0.39, 0.29) is 6.04 Å². The van der Waals surface area contributed by atoms with Crippen molar-refractivity contribution >= 4 is 21.8 Å². The predicted molar refractivity (Wildman–Crippen MR) is 74.2 cm³/mol. The van der Waals surface area contributed by atoms with Gasteiger partial charge in [0.1, 0.15) is 0 Å². The number of rotatable bonds is 4. The van der Waals surface area contributed by atoms with Crippen molar-refractivity contribution in [1.82, 2.24) is 4.31 Å². The molecule has 1 aliphatic rings. The summed E-state index contributed by atoms with van der Waals surface area (Å²) in [5, 5.41) is 0. The molecule has 0 bridgehead atoms. The quantitative estimate of drug-likeness (QED) is 0.852. The summed E-state index contributed by atoms with van der Waals surface area (Å²) in [5.41, 5.74) is 5.64. The standard InChI is InChI=1S/C12H18N2O2S2/c1-17-11-5-2-6-12(8-11)18(15,16)14-7-3-4-10(14)9-13/h2,5-6,8,10H,3-4,7,9,13H2,1H3. The molecule has 1 unspecified atom stereocenters. The van der Waals surface area contributed by atoms with Crippen LogP contribution < -0.4 is 5.73 Å². The zero-order valence-corrected chi connectivity index (χ0v) is 12.0. The van der Waals surface area contributed by atoms with Gasteiger partial charge in [0, 0.05) is 24.0 Å². The fraction of sp³-hybridized carbons (Fsp3) is 0.500. The summed E-state index contributed by atoms with van der Waals surface area (Å²) in [4.78, 5) is 1.33. The second-order valence-electron chi connectivity index (χ2n) is 4.33. The first-order chi connectivity index (χ1) is 8.59. The third kappa shape index (κ3) is 2.56. The molecule has 4 nitrogen and oxygen atoms in total. The molecule has 1 fully saturated rings. The number of nitrogens with two attached hydrogens (primary N) is 1. The highest BCUT2D eigenvalue weighted by atomic mass is 32.2. The number of hydrogen-bond acceptors (Lipinski definition) is 4. The second kappa shape index (κ2) is 5.61. The van der Waals surface area contributed by atoms with E-state index in [1.54, 1.807) is 34.3 Å². The number of hydrogen-bond donors (Lipinski definition) is 1. The normalized spacial score (nSPS) is 21.3. The molecular formula is C12H18N2O2S2. The van der Waals surface area contributed by atoms with Crippen molar-refractivity contribution in [2.75, 3.05) is 19.3 Å². The maximum Gasteiger partial charge on any atom is 0.243 e. The lowest BCUT2D eigenvalue weighted by Gasteiger charge is -2.23. The molecule has 1 aromatic carbocycles. The highest BCUT2D eigenvalue weighted by Gasteiger charge is 2.34. The molecule has 1 aromatic rings. The first-order valence-corrected chi connectivity index (χ1v) is 8.62. The predicted octanol–water partition coefficient (Wildman–Crippen LogP) is 1.52. The molecule has 1 saturated heterocycles. The lowest BCUT2D eigenvalue weighted by atomic mass is 10.2. The van der Waals surface area contributed by atoms with Crippen LogP contribution in [0.4, 0.5) is 0 Å². The highest BCUT2D eigenvalue weighted by molar-refractivity contribution is 7.98. The van der Waals surface area contributed by atoms with Gasteiger partial charge in [-0.05, 0) is 37.3 Å². The van der Waals surface area contributed by atoms with E-state index in [2.05, 4.69) is 0 Å². The van der Waals surface area contributed by atoms with Crippen LogP contribution >= 0.6 is 11.8 Å². The lowest BCUT2D eigenvalue weighted by molar-refractivity contribution is 0.393. The van der Waals surface area contributed by atoms with Crippen LogP contribution in [-0.4, -0.2) is 38.1 Å². The monoisotopic (exact) mass is 286 g/mol. The van der Waals surface area contributed by atoms with Crippen molar-refractivity contribution in [2.24, 2.45) is 5.73 Å². The van der Waals surface area contributed by atoms with Gasteiger partial charge in [-0.2, -0.15) is 4.31 Å². The van der Waals surface area contributed by atoms with Crippen LogP contribution in [0.3, 0.4) is 0 Å².